The van der Waals surface area contributed by atoms with Gasteiger partial charge in [-0.1, -0.05) is 13.8 Å². The van der Waals surface area contributed by atoms with Crippen LogP contribution in [-0.4, -0.2) is 12.0 Å². The largest absolute Gasteiger partial charge is 0.387 e. The van der Waals surface area contributed by atoms with Crippen LogP contribution in [0.25, 0.3) is 0 Å². The Labute approximate surface area is 75.0 Å². The Kier molecular flexibility index (Phi) is 5.09. The summed E-state index contributed by atoms with van der Waals surface area (Å²) in [6, 6.07) is 4.04. The van der Waals surface area contributed by atoms with Crippen molar-refractivity contribution in [3.8, 4) is 0 Å². The van der Waals surface area contributed by atoms with Gasteiger partial charge in [-0.05, 0) is 26.0 Å². The first kappa shape index (κ1) is 11.0. The Bertz CT molecular complexity index is 231. The predicted molar refractivity (Wildman–Crippen MR) is 54.6 cm³/mol. The smallest absolute Gasteiger partial charge is 0.0606 e. The fourth-order valence-corrected chi connectivity index (χ4v) is 0.951. The molecule has 0 amide bonds. The highest BCUT2D eigenvalue weighted by atomic mass is 14.9. The molecule has 0 saturated heterocycles. The molecule has 1 rings (SSSR count). The minimum atomic E-state index is 1.06. The number of hydrogen-bond donors (Lipinski definition) is 1. The molecule has 0 atom stereocenters. The van der Waals surface area contributed by atoms with Crippen molar-refractivity contribution in [3.05, 3.63) is 23.5 Å². The van der Waals surface area contributed by atoms with Gasteiger partial charge in [0.25, 0.3) is 0 Å². The summed E-state index contributed by atoms with van der Waals surface area (Å²) in [5.74, 6) is 0. The zero-order valence-electron chi connectivity index (χ0n) is 8.60. The van der Waals surface area contributed by atoms with Gasteiger partial charge in [-0.15, -0.1) is 0 Å². The molecule has 2 heteroatoms. The van der Waals surface area contributed by atoms with Crippen LogP contribution in [0.5, 0.6) is 0 Å². The predicted octanol–water partition coefficient (Wildman–Crippen LogP) is 2.77. The van der Waals surface area contributed by atoms with E-state index in [4.69, 9.17) is 0 Å². The number of nitrogens with one attached hydrogen (secondary N) is 1. The highest BCUT2D eigenvalue weighted by Gasteiger charge is 1.94. The fraction of sp³-hybridized carbons (Fsp3) is 0.500. The van der Waals surface area contributed by atoms with Crippen LogP contribution in [0.3, 0.4) is 0 Å². The number of anilines is 1. The third kappa shape index (κ3) is 2.91. The fourth-order valence-electron chi connectivity index (χ4n) is 0.951. The molecule has 1 N–H and O–H groups in total. The second kappa shape index (κ2) is 5.58. The summed E-state index contributed by atoms with van der Waals surface area (Å²) in [5.41, 5.74) is 3.23. The summed E-state index contributed by atoms with van der Waals surface area (Å²) in [5, 5.41) is 3.06. The van der Waals surface area contributed by atoms with E-state index in [-0.39, 0.29) is 0 Å². The third-order valence-corrected chi connectivity index (χ3v) is 1.49. The van der Waals surface area contributed by atoms with E-state index < -0.39 is 0 Å². The molecule has 0 unspecified atom stereocenters. The van der Waals surface area contributed by atoms with Gasteiger partial charge in [-0.3, -0.25) is 4.98 Å². The number of pyridine rings is 1. The molecule has 0 aliphatic rings. The summed E-state index contributed by atoms with van der Waals surface area (Å²) in [6.07, 6.45) is 0. The number of aromatic nitrogens is 1. The average Bonchev–Trinajstić information content (AvgIpc) is 2.08. The van der Waals surface area contributed by atoms with E-state index in [0.29, 0.717) is 0 Å². The molecule has 0 spiro atoms. The zero-order valence-corrected chi connectivity index (χ0v) is 8.60. The van der Waals surface area contributed by atoms with Gasteiger partial charge in [0.2, 0.25) is 0 Å². The molecule has 0 fully saturated rings. The molecule has 1 aromatic heterocycles. The summed E-state index contributed by atoms with van der Waals surface area (Å²) in [7, 11) is 1.90. The SMILES string of the molecule is CC.CNc1ccc(C)nc1C. The standard InChI is InChI=1S/C8H12N2.C2H6/c1-6-4-5-8(9-3)7(2)10-6;1-2/h4-5,9H,1-3H3;1-2H3. The van der Waals surface area contributed by atoms with Gasteiger partial charge >= 0.3 is 0 Å². The van der Waals surface area contributed by atoms with Crippen LogP contribution in [0.4, 0.5) is 5.69 Å². The molecule has 68 valence electrons. The highest BCUT2D eigenvalue weighted by Crippen LogP contribution is 2.10. The summed E-state index contributed by atoms with van der Waals surface area (Å²) >= 11 is 0. The van der Waals surface area contributed by atoms with Gasteiger partial charge in [-0.2, -0.15) is 0 Å². The van der Waals surface area contributed by atoms with Gasteiger partial charge in [0.1, 0.15) is 0 Å². The van der Waals surface area contributed by atoms with E-state index >= 15 is 0 Å². The maximum Gasteiger partial charge on any atom is 0.0606 e. The molecule has 1 heterocycles. The van der Waals surface area contributed by atoms with Crippen LogP contribution < -0.4 is 5.32 Å². The van der Waals surface area contributed by atoms with Crippen LogP contribution in [0.15, 0.2) is 12.1 Å². The van der Waals surface area contributed by atoms with Crippen LogP contribution in [0.2, 0.25) is 0 Å². The maximum atomic E-state index is 4.28. The lowest BCUT2D eigenvalue weighted by Gasteiger charge is -2.03. The summed E-state index contributed by atoms with van der Waals surface area (Å²) in [6.45, 7) is 7.99. The van der Waals surface area contributed by atoms with Gasteiger partial charge in [-0.25, -0.2) is 0 Å². The van der Waals surface area contributed by atoms with Crippen molar-refractivity contribution in [1.82, 2.24) is 4.98 Å². The Morgan fingerprint density at radius 1 is 1.17 bits per heavy atom. The van der Waals surface area contributed by atoms with Crippen molar-refractivity contribution < 1.29 is 0 Å². The summed E-state index contributed by atoms with van der Waals surface area (Å²) < 4.78 is 0. The number of hydrogen-bond acceptors (Lipinski definition) is 2. The molecular formula is C10H18N2. The van der Waals surface area contributed by atoms with Crippen molar-refractivity contribution in [2.24, 2.45) is 0 Å². The van der Waals surface area contributed by atoms with Crippen LogP contribution in [-0.2, 0) is 0 Å². The van der Waals surface area contributed by atoms with E-state index in [2.05, 4.69) is 10.3 Å². The quantitative estimate of drug-likeness (QED) is 0.694. The van der Waals surface area contributed by atoms with E-state index in [1.54, 1.807) is 0 Å². The lowest BCUT2D eigenvalue weighted by Crippen LogP contribution is -1.94. The van der Waals surface area contributed by atoms with Gasteiger partial charge < -0.3 is 5.32 Å². The molecule has 1 aromatic rings. The molecule has 12 heavy (non-hydrogen) atoms. The molecule has 2 nitrogen and oxygen atoms in total. The Morgan fingerprint density at radius 2 is 1.75 bits per heavy atom. The van der Waals surface area contributed by atoms with Crippen molar-refractivity contribution in [3.63, 3.8) is 0 Å². The van der Waals surface area contributed by atoms with E-state index in [9.17, 15) is 0 Å². The van der Waals surface area contributed by atoms with Crippen LogP contribution >= 0.6 is 0 Å². The molecule has 0 bridgehead atoms. The van der Waals surface area contributed by atoms with Gasteiger partial charge in [0.15, 0.2) is 0 Å². The monoisotopic (exact) mass is 166 g/mol. The first-order chi connectivity index (χ1) is 5.74. The molecule has 0 saturated carbocycles. The van der Waals surface area contributed by atoms with Gasteiger partial charge in [0.05, 0.1) is 11.4 Å². The number of rotatable bonds is 1. The van der Waals surface area contributed by atoms with Crippen molar-refractivity contribution in [2.75, 3.05) is 12.4 Å². The third-order valence-electron chi connectivity index (χ3n) is 1.49. The topological polar surface area (TPSA) is 24.9 Å². The Balaban J connectivity index is 0.000000561. The van der Waals surface area contributed by atoms with Crippen molar-refractivity contribution >= 4 is 5.69 Å². The first-order valence-corrected chi connectivity index (χ1v) is 4.36. The van der Waals surface area contributed by atoms with Crippen LogP contribution in [0.1, 0.15) is 25.2 Å². The average molecular weight is 166 g/mol. The van der Waals surface area contributed by atoms with Crippen molar-refractivity contribution in [1.29, 1.82) is 0 Å². The van der Waals surface area contributed by atoms with Gasteiger partial charge in [0, 0.05) is 12.7 Å². The lowest BCUT2D eigenvalue weighted by atomic mass is 10.3. The Hall–Kier alpha value is -1.05. The summed E-state index contributed by atoms with van der Waals surface area (Å²) in [4.78, 5) is 4.28. The zero-order chi connectivity index (χ0) is 9.56. The molecule has 0 aliphatic carbocycles. The first-order valence-electron chi connectivity index (χ1n) is 4.36. The van der Waals surface area contributed by atoms with Crippen LogP contribution in [0, 0.1) is 13.8 Å². The maximum absolute atomic E-state index is 4.28. The Morgan fingerprint density at radius 3 is 2.17 bits per heavy atom. The van der Waals surface area contributed by atoms with E-state index in [0.717, 1.165) is 17.1 Å². The number of aryl methyl sites for hydroxylation is 2. The lowest BCUT2D eigenvalue weighted by molar-refractivity contribution is 1.12. The molecule has 0 radical (unpaired) electrons. The molecule has 0 aliphatic heterocycles. The molecular weight excluding hydrogens is 148 g/mol. The highest BCUT2D eigenvalue weighted by molar-refractivity contribution is 5.46. The molecule has 0 aromatic carbocycles. The normalized spacial score (nSPS) is 8.42. The second-order valence-corrected chi connectivity index (χ2v) is 2.34. The van der Waals surface area contributed by atoms with E-state index in [1.807, 2.05) is 46.9 Å². The van der Waals surface area contributed by atoms with E-state index in [1.165, 1.54) is 0 Å². The number of nitrogens with zero attached hydrogens (tertiary/aromatic N) is 1. The minimum Gasteiger partial charge on any atom is -0.387 e. The van der Waals surface area contributed by atoms with Crippen molar-refractivity contribution in [2.45, 2.75) is 27.7 Å². The minimum absolute atomic E-state index is 1.06. The second-order valence-electron chi connectivity index (χ2n) is 2.34.